The van der Waals surface area contributed by atoms with Crippen LogP contribution in [0.15, 0.2) is 18.2 Å². The second kappa shape index (κ2) is 8.18. The fourth-order valence-corrected chi connectivity index (χ4v) is 3.39. The summed E-state index contributed by atoms with van der Waals surface area (Å²) in [5.41, 5.74) is 3.76. The second-order valence-corrected chi connectivity index (χ2v) is 6.15. The average molecular weight is 303 g/mol. The number of anilines is 1. The number of nitrogens with one attached hydrogen (secondary N) is 2. The Morgan fingerprint density at radius 2 is 2.00 bits per heavy atom. The van der Waals surface area contributed by atoms with Gasteiger partial charge in [0.15, 0.2) is 0 Å². The summed E-state index contributed by atoms with van der Waals surface area (Å²) in [6.45, 7) is 7.98. The molecule has 122 valence electrons. The van der Waals surface area contributed by atoms with E-state index in [0.717, 1.165) is 18.7 Å². The SMILES string of the molecule is CCCN(CCC)CC1CCc2ccc(NC(=O)NC)cc21. The lowest BCUT2D eigenvalue weighted by Crippen LogP contribution is -2.29. The number of urea groups is 1. The molecule has 1 aromatic carbocycles. The summed E-state index contributed by atoms with van der Waals surface area (Å²) in [7, 11) is 1.64. The van der Waals surface area contributed by atoms with Gasteiger partial charge in [0.25, 0.3) is 0 Å². The van der Waals surface area contributed by atoms with Crippen LogP contribution in [0.25, 0.3) is 0 Å². The van der Waals surface area contributed by atoms with Crippen molar-refractivity contribution in [2.75, 3.05) is 32.0 Å². The summed E-state index contributed by atoms with van der Waals surface area (Å²) in [5, 5.41) is 5.48. The molecule has 0 bridgehead atoms. The number of hydrogen-bond acceptors (Lipinski definition) is 2. The molecular formula is C18H29N3O. The number of nitrogens with zero attached hydrogens (tertiary/aromatic N) is 1. The van der Waals surface area contributed by atoms with Crippen LogP contribution in [-0.4, -0.2) is 37.6 Å². The van der Waals surface area contributed by atoms with Crippen molar-refractivity contribution < 1.29 is 4.79 Å². The molecule has 2 rings (SSSR count). The smallest absolute Gasteiger partial charge is 0.318 e. The summed E-state index contributed by atoms with van der Waals surface area (Å²) in [6.07, 6.45) is 4.80. The molecule has 22 heavy (non-hydrogen) atoms. The van der Waals surface area contributed by atoms with Crippen LogP contribution < -0.4 is 10.6 Å². The van der Waals surface area contributed by atoms with Gasteiger partial charge in [-0.3, -0.25) is 0 Å². The molecule has 4 heteroatoms. The highest BCUT2D eigenvalue weighted by atomic mass is 16.2. The Morgan fingerprint density at radius 3 is 2.64 bits per heavy atom. The molecule has 1 aliphatic rings. The van der Waals surface area contributed by atoms with Crippen molar-refractivity contribution in [2.24, 2.45) is 0 Å². The standard InChI is InChI=1S/C18H29N3O/c1-4-10-21(11-5-2)13-15-7-6-14-8-9-16(12-17(14)15)20-18(22)19-3/h8-9,12,15H,4-7,10-11,13H2,1-3H3,(H2,19,20,22). The Bertz CT molecular complexity index is 495. The number of rotatable bonds is 7. The molecule has 0 aromatic heterocycles. The summed E-state index contributed by atoms with van der Waals surface area (Å²) in [4.78, 5) is 14.1. The summed E-state index contributed by atoms with van der Waals surface area (Å²) >= 11 is 0. The molecule has 1 atom stereocenters. The molecule has 1 aromatic rings. The molecule has 0 radical (unpaired) electrons. The number of amides is 2. The Morgan fingerprint density at radius 1 is 1.27 bits per heavy atom. The third kappa shape index (κ3) is 4.23. The van der Waals surface area contributed by atoms with Crippen molar-refractivity contribution in [3.05, 3.63) is 29.3 Å². The number of carbonyl (C=O) groups is 1. The first-order valence-electron chi connectivity index (χ1n) is 8.51. The molecule has 0 saturated heterocycles. The van der Waals surface area contributed by atoms with Gasteiger partial charge in [0.1, 0.15) is 0 Å². The van der Waals surface area contributed by atoms with Crippen LogP contribution >= 0.6 is 0 Å². The minimum atomic E-state index is -0.159. The Hall–Kier alpha value is -1.55. The van der Waals surface area contributed by atoms with E-state index in [1.165, 1.54) is 43.5 Å². The van der Waals surface area contributed by atoms with Crippen LogP contribution in [0.3, 0.4) is 0 Å². The van der Waals surface area contributed by atoms with Crippen LogP contribution in [0.2, 0.25) is 0 Å². The highest BCUT2D eigenvalue weighted by Gasteiger charge is 2.24. The van der Waals surface area contributed by atoms with Gasteiger partial charge in [0.2, 0.25) is 0 Å². The van der Waals surface area contributed by atoms with E-state index < -0.39 is 0 Å². The fourth-order valence-electron chi connectivity index (χ4n) is 3.39. The van der Waals surface area contributed by atoms with E-state index in [1.54, 1.807) is 7.05 Å². The maximum Gasteiger partial charge on any atom is 0.318 e. The quantitative estimate of drug-likeness (QED) is 0.808. The fraction of sp³-hybridized carbons (Fsp3) is 0.611. The molecule has 2 amide bonds. The van der Waals surface area contributed by atoms with Gasteiger partial charge >= 0.3 is 6.03 Å². The molecular weight excluding hydrogens is 274 g/mol. The predicted molar refractivity (Wildman–Crippen MR) is 92.6 cm³/mol. The number of hydrogen-bond donors (Lipinski definition) is 2. The first-order chi connectivity index (χ1) is 10.7. The molecule has 4 nitrogen and oxygen atoms in total. The lowest BCUT2D eigenvalue weighted by atomic mass is 9.99. The summed E-state index contributed by atoms with van der Waals surface area (Å²) < 4.78 is 0. The van der Waals surface area contributed by atoms with Crippen LogP contribution in [0, 0.1) is 0 Å². The minimum absolute atomic E-state index is 0.159. The highest BCUT2D eigenvalue weighted by molar-refractivity contribution is 5.89. The van der Waals surface area contributed by atoms with Gasteiger partial charge in [-0.1, -0.05) is 19.9 Å². The first-order valence-corrected chi connectivity index (χ1v) is 8.51. The van der Waals surface area contributed by atoms with E-state index in [0.29, 0.717) is 5.92 Å². The van der Waals surface area contributed by atoms with Gasteiger partial charge in [0.05, 0.1) is 0 Å². The molecule has 2 N–H and O–H groups in total. The minimum Gasteiger partial charge on any atom is -0.341 e. The summed E-state index contributed by atoms with van der Waals surface area (Å²) in [5.74, 6) is 0.597. The zero-order valence-corrected chi connectivity index (χ0v) is 14.1. The Labute approximate surface area is 134 Å². The van der Waals surface area contributed by atoms with Crippen molar-refractivity contribution in [3.63, 3.8) is 0 Å². The van der Waals surface area contributed by atoms with E-state index in [4.69, 9.17) is 0 Å². The number of benzene rings is 1. The maximum atomic E-state index is 11.5. The zero-order chi connectivity index (χ0) is 15.9. The Balaban J connectivity index is 2.08. The van der Waals surface area contributed by atoms with Gasteiger partial charge in [0, 0.05) is 19.3 Å². The number of carbonyl (C=O) groups excluding carboxylic acids is 1. The van der Waals surface area contributed by atoms with Gasteiger partial charge < -0.3 is 15.5 Å². The third-order valence-electron chi connectivity index (χ3n) is 4.39. The topological polar surface area (TPSA) is 44.4 Å². The van der Waals surface area contributed by atoms with Crippen molar-refractivity contribution in [3.8, 4) is 0 Å². The van der Waals surface area contributed by atoms with E-state index >= 15 is 0 Å². The molecule has 0 saturated carbocycles. The monoisotopic (exact) mass is 303 g/mol. The van der Waals surface area contributed by atoms with Gasteiger partial charge in [-0.15, -0.1) is 0 Å². The second-order valence-electron chi connectivity index (χ2n) is 6.15. The van der Waals surface area contributed by atoms with Crippen LogP contribution in [0.4, 0.5) is 10.5 Å². The molecule has 0 aliphatic heterocycles. The predicted octanol–water partition coefficient (Wildman–Crippen LogP) is 3.59. The number of fused-ring (bicyclic) bond motifs is 1. The van der Waals surface area contributed by atoms with Crippen LogP contribution in [0.1, 0.15) is 50.2 Å². The molecule has 1 aliphatic carbocycles. The summed E-state index contributed by atoms with van der Waals surface area (Å²) in [6, 6.07) is 6.18. The van der Waals surface area contributed by atoms with Crippen molar-refractivity contribution in [2.45, 2.75) is 45.4 Å². The highest BCUT2D eigenvalue weighted by Crippen LogP contribution is 2.35. The zero-order valence-electron chi connectivity index (χ0n) is 14.1. The molecule has 0 fully saturated rings. The largest absolute Gasteiger partial charge is 0.341 e. The van der Waals surface area contributed by atoms with E-state index in [-0.39, 0.29) is 6.03 Å². The van der Waals surface area contributed by atoms with E-state index in [9.17, 15) is 4.79 Å². The lowest BCUT2D eigenvalue weighted by molar-refractivity contribution is 0.254. The van der Waals surface area contributed by atoms with Crippen LogP contribution in [0.5, 0.6) is 0 Å². The van der Waals surface area contributed by atoms with Crippen LogP contribution in [-0.2, 0) is 6.42 Å². The van der Waals surface area contributed by atoms with Gasteiger partial charge in [-0.05, 0) is 68.0 Å². The first kappa shape index (κ1) is 16.8. The molecule has 0 spiro atoms. The third-order valence-corrected chi connectivity index (χ3v) is 4.39. The molecule has 0 heterocycles. The number of aryl methyl sites for hydroxylation is 1. The average Bonchev–Trinajstić information content (AvgIpc) is 2.90. The van der Waals surface area contributed by atoms with Crippen molar-refractivity contribution in [1.82, 2.24) is 10.2 Å². The van der Waals surface area contributed by atoms with Gasteiger partial charge in [-0.25, -0.2) is 4.79 Å². The normalized spacial score (nSPS) is 16.6. The van der Waals surface area contributed by atoms with Crippen molar-refractivity contribution >= 4 is 11.7 Å². The van der Waals surface area contributed by atoms with Gasteiger partial charge in [-0.2, -0.15) is 0 Å². The van der Waals surface area contributed by atoms with E-state index in [2.05, 4.69) is 41.5 Å². The van der Waals surface area contributed by atoms with E-state index in [1.807, 2.05) is 6.07 Å². The lowest BCUT2D eigenvalue weighted by Gasteiger charge is -2.25. The van der Waals surface area contributed by atoms with Crippen molar-refractivity contribution in [1.29, 1.82) is 0 Å². The molecule has 1 unspecified atom stereocenters. The maximum absolute atomic E-state index is 11.5. The Kier molecular flexibility index (Phi) is 6.25.